The van der Waals surface area contributed by atoms with Crippen molar-refractivity contribution in [2.45, 2.75) is 0 Å². The standard InChI is InChI=1S/C39H25N3S/c1-4-14-26(15-5-1)30-20-10-11-21-31(30)33-24-29(25-35-36(33)32-22-12-13-23-34(32)43-35)39-41-37(27-16-6-2-7-17-27)40-38(42-39)28-18-8-3-9-19-28/h1-25H. The molecule has 0 spiro atoms. The van der Waals surface area contributed by atoms with Crippen LogP contribution in [0.5, 0.6) is 0 Å². The van der Waals surface area contributed by atoms with Crippen LogP contribution in [0.4, 0.5) is 0 Å². The van der Waals surface area contributed by atoms with Crippen LogP contribution in [0, 0.1) is 0 Å². The van der Waals surface area contributed by atoms with Crippen molar-refractivity contribution < 1.29 is 0 Å². The summed E-state index contributed by atoms with van der Waals surface area (Å²) in [5.74, 6) is 1.98. The second-order valence-corrected chi connectivity index (χ2v) is 11.5. The average molecular weight is 568 g/mol. The number of nitrogens with zero attached hydrogens (tertiary/aromatic N) is 3. The van der Waals surface area contributed by atoms with E-state index in [9.17, 15) is 0 Å². The van der Waals surface area contributed by atoms with E-state index in [1.165, 1.54) is 42.4 Å². The summed E-state index contributed by atoms with van der Waals surface area (Å²) in [6.45, 7) is 0. The van der Waals surface area contributed by atoms with Crippen LogP contribution in [0.15, 0.2) is 152 Å². The van der Waals surface area contributed by atoms with Crippen molar-refractivity contribution in [3.63, 3.8) is 0 Å². The van der Waals surface area contributed by atoms with Crippen LogP contribution in [0.3, 0.4) is 0 Å². The van der Waals surface area contributed by atoms with E-state index < -0.39 is 0 Å². The zero-order valence-electron chi connectivity index (χ0n) is 23.2. The number of fused-ring (bicyclic) bond motifs is 3. The van der Waals surface area contributed by atoms with Gasteiger partial charge in [0.05, 0.1) is 0 Å². The van der Waals surface area contributed by atoms with E-state index in [4.69, 9.17) is 15.0 Å². The third-order valence-electron chi connectivity index (χ3n) is 7.74. The van der Waals surface area contributed by atoms with Gasteiger partial charge in [-0.15, -0.1) is 11.3 Å². The molecule has 0 aliphatic carbocycles. The molecule has 0 saturated heterocycles. The van der Waals surface area contributed by atoms with Crippen molar-refractivity contribution >= 4 is 31.5 Å². The van der Waals surface area contributed by atoms with E-state index in [1.807, 2.05) is 72.0 Å². The number of rotatable bonds is 5. The summed E-state index contributed by atoms with van der Waals surface area (Å²) in [5, 5.41) is 2.52. The molecule has 0 aliphatic rings. The van der Waals surface area contributed by atoms with Crippen molar-refractivity contribution in [2.24, 2.45) is 0 Å². The quantitative estimate of drug-likeness (QED) is 0.208. The highest BCUT2D eigenvalue weighted by atomic mass is 32.1. The highest BCUT2D eigenvalue weighted by Crippen LogP contribution is 2.45. The Morgan fingerprint density at radius 1 is 0.349 bits per heavy atom. The van der Waals surface area contributed by atoms with Gasteiger partial charge in [-0.2, -0.15) is 0 Å². The van der Waals surface area contributed by atoms with E-state index in [0.29, 0.717) is 17.5 Å². The SMILES string of the molecule is c1ccc(-c2nc(-c3ccccc3)nc(-c3cc(-c4ccccc4-c4ccccc4)c4c(c3)sc3ccccc34)n2)cc1. The van der Waals surface area contributed by atoms with Gasteiger partial charge in [0.1, 0.15) is 0 Å². The molecule has 43 heavy (non-hydrogen) atoms. The summed E-state index contributed by atoms with van der Waals surface area (Å²) in [6.07, 6.45) is 0. The van der Waals surface area contributed by atoms with Crippen LogP contribution in [-0.4, -0.2) is 15.0 Å². The molecule has 0 fully saturated rings. The molecule has 3 nitrogen and oxygen atoms in total. The predicted molar refractivity (Wildman–Crippen MR) is 180 cm³/mol. The Bertz CT molecular complexity index is 2170. The van der Waals surface area contributed by atoms with Crippen molar-refractivity contribution in [1.29, 1.82) is 0 Å². The van der Waals surface area contributed by atoms with Gasteiger partial charge in [0.15, 0.2) is 17.5 Å². The second kappa shape index (κ2) is 10.8. The van der Waals surface area contributed by atoms with Gasteiger partial charge in [-0.1, -0.05) is 133 Å². The summed E-state index contributed by atoms with van der Waals surface area (Å²) in [4.78, 5) is 15.0. The van der Waals surface area contributed by atoms with Gasteiger partial charge in [-0.3, -0.25) is 0 Å². The van der Waals surface area contributed by atoms with Crippen molar-refractivity contribution in [3.8, 4) is 56.4 Å². The van der Waals surface area contributed by atoms with Crippen molar-refractivity contribution in [1.82, 2.24) is 15.0 Å². The van der Waals surface area contributed by atoms with Gasteiger partial charge in [-0.05, 0) is 40.5 Å². The topological polar surface area (TPSA) is 38.7 Å². The van der Waals surface area contributed by atoms with Crippen molar-refractivity contribution in [2.75, 3.05) is 0 Å². The third-order valence-corrected chi connectivity index (χ3v) is 8.86. The largest absolute Gasteiger partial charge is 0.208 e. The molecule has 202 valence electrons. The normalized spacial score (nSPS) is 11.3. The molecule has 0 bridgehead atoms. The number of thiophene rings is 1. The highest BCUT2D eigenvalue weighted by Gasteiger charge is 2.19. The molecule has 6 aromatic carbocycles. The second-order valence-electron chi connectivity index (χ2n) is 10.4. The van der Waals surface area contributed by atoms with Gasteiger partial charge in [-0.25, -0.2) is 15.0 Å². The Morgan fingerprint density at radius 2 is 0.837 bits per heavy atom. The Labute approximate surface area is 253 Å². The molecular formula is C39H25N3S. The smallest absolute Gasteiger partial charge is 0.164 e. The molecule has 0 amide bonds. The lowest BCUT2D eigenvalue weighted by Gasteiger charge is -2.14. The van der Waals surface area contributed by atoms with Crippen LogP contribution in [-0.2, 0) is 0 Å². The first-order valence-corrected chi connectivity index (χ1v) is 15.1. The molecule has 0 atom stereocenters. The number of hydrogen-bond donors (Lipinski definition) is 0. The van der Waals surface area contributed by atoms with Gasteiger partial charge < -0.3 is 0 Å². The molecule has 0 saturated carbocycles. The first kappa shape index (κ1) is 25.3. The number of aromatic nitrogens is 3. The fourth-order valence-corrected chi connectivity index (χ4v) is 6.89. The fraction of sp³-hybridized carbons (Fsp3) is 0. The minimum Gasteiger partial charge on any atom is -0.208 e. The molecule has 8 rings (SSSR count). The molecule has 0 unspecified atom stereocenters. The van der Waals surface area contributed by atoms with Crippen LogP contribution < -0.4 is 0 Å². The maximum Gasteiger partial charge on any atom is 0.164 e. The molecule has 0 aliphatic heterocycles. The Balaban J connectivity index is 1.42. The van der Waals surface area contributed by atoms with Crippen LogP contribution in [0.1, 0.15) is 0 Å². The molecule has 0 N–H and O–H groups in total. The van der Waals surface area contributed by atoms with Crippen LogP contribution >= 0.6 is 11.3 Å². The minimum absolute atomic E-state index is 0.658. The lowest BCUT2D eigenvalue weighted by molar-refractivity contribution is 1.07. The summed E-state index contributed by atoms with van der Waals surface area (Å²) in [6, 6.07) is 52.7. The van der Waals surface area contributed by atoms with E-state index in [1.54, 1.807) is 0 Å². The molecule has 8 aromatic rings. The molecule has 0 radical (unpaired) electrons. The van der Waals surface area contributed by atoms with E-state index in [-0.39, 0.29) is 0 Å². The van der Waals surface area contributed by atoms with Gasteiger partial charge >= 0.3 is 0 Å². The van der Waals surface area contributed by atoms with Gasteiger partial charge in [0.2, 0.25) is 0 Å². The lowest BCUT2D eigenvalue weighted by Crippen LogP contribution is -2.00. The molecular weight excluding hydrogens is 543 g/mol. The first-order chi connectivity index (χ1) is 21.3. The van der Waals surface area contributed by atoms with E-state index in [2.05, 4.69) is 91.0 Å². The molecule has 2 heterocycles. The average Bonchev–Trinajstić information content (AvgIpc) is 3.47. The molecule has 2 aromatic heterocycles. The Morgan fingerprint density at radius 3 is 1.47 bits per heavy atom. The minimum atomic E-state index is 0.658. The highest BCUT2D eigenvalue weighted by molar-refractivity contribution is 7.26. The summed E-state index contributed by atoms with van der Waals surface area (Å²) < 4.78 is 2.47. The Hall–Kier alpha value is -5.45. The summed E-state index contributed by atoms with van der Waals surface area (Å²) in [5.41, 5.74) is 7.63. The molecule has 4 heteroatoms. The van der Waals surface area contributed by atoms with E-state index in [0.717, 1.165) is 16.7 Å². The maximum atomic E-state index is 5.06. The first-order valence-electron chi connectivity index (χ1n) is 14.3. The van der Waals surface area contributed by atoms with Gasteiger partial charge in [0.25, 0.3) is 0 Å². The zero-order chi connectivity index (χ0) is 28.6. The number of hydrogen-bond acceptors (Lipinski definition) is 4. The predicted octanol–water partition coefficient (Wildman–Crippen LogP) is 10.6. The maximum absolute atomic E-state index is 5.06. The van der Waals surface area contributed by atoms with Gasteiger partial charge in [0, 0.05) is 36.9 Å². The Kier molecular flexibility index (Phi) is 6.32. The lowest BCUT2D eigenvalue weighted by atomic mass is 9.91. The van der Waals surface area contributed by atoms with Crippen molar-refractivity contribution in [3.05, 3.63) is 152 Å². The van der Waals surface area contributed by atoms with E-state index >= 15 is 0 Å². The van der Waals surface area contributed by atoms with Crippen LogP contribution in [0.2, 0.25) is 0 Å². The summed E-state index contributed by atoms with van der Waals surface area (Å²) >= 11 is 1.81. The van der Waals surface area contributed by atoms with Crippen LogP contribution in [0.25, 0.3) is 76.6 Å². The zero-order valence-corrected chi connectivity index (χ0v) is 24.0. The number of benzene rings is 6. The fourth-order valence-electron chi connectivity index (χ4n) is 5.72. The summed E-state index contributed by atoms with van der Waals surface area (Å²) in [7, 11) is 0. The third kappa shape index (κ3) is 4.68. The monoisotopic (exact) mass is 567 g/mol.